The maximum atomic E-state index is 13.0. The summed E-state index contributed by atoms with van der Waals surface area (Å²) in [5, 5.41) is 1.00. The third kappa shape index (κ3) is 5.73. The normalized spacial score (nSPS) is 12.8. The lowest BCUT2D eigenvalue weighted by Crippen LogP contribution is -2.12. The summed E-state index contributed by atoms with van der Waals surface area (Å²) >= 11 is 12.6. The van der Waals surface area contributed by atoms with Crippen LogP contribution < -0.4 is 0 Å². The number of rotatable bonds is 6. The number of alkyl halides is 3. The van der Waals surface area contributed by atoms with Gasteiger partial charge < -0.3 is 0 Å². The molecule has 1 nitrogen and oxygen atoms in total. The third-order valence-electron chi connectivity index (χ3n) is 5.34. The van der Waals surface area contributed by atoms with Crippen LogP contribution in [0.2, 0.25) is 10.0 Å². The van der Waals surface area contributed by atoms with Crippen molar-refractivity contribution in [1.29, 1.82) is 0 Å². The largest absolute Gasteiger partial charge is 0.416 e. The Morgan fingerprint density at radius 3 is 2.06 bits per heavy atom. The van der Waals surface area contributed by atoms with Crippen LogP contribution in [0.15, 0.2) is 60.7 Å². The summed E-state index contributed by atoms with van der Waals surface area (Å²) in [6, 6.07) is 15.8. The van der Waals surface area contributed by atoms with Gasteiger partial charge in [0.05, 0.1) is 5.56 Å². The highest BCUT2D eigenvalue weighted by Crippen LogP contribution is 2.38. The predicted octanol–water partition coefficient (Wildman–Crippen LogP) is 9.06. The summed E-state index contributed by atoms with van der Waals surface area (Å²) in [6.45, 7) is 5.65. The van der Waals surface area contributed by atoms with E-state index in [1.807, 2.05) is 32.0 Å². The summed E-state index contributed by atoms with van der Waals surface area (Å²) in [5.41, 5.74) is 2.86. The SMILES string of the molecule is CC(=O)C(CC(C)C)c1cc(-c2ccc(C(F)(F)F)cc2)cc(-c2cc(Cl)ccc2Cl)c1. The molecule has 0 amide bonds. The fourth-order valence-electron chi connectivity index (χ4n) is 3.75. The maximum Gasteiger partial charge on any atom is 0.416 e. The van der Waals surface area contributed by atoms with Gasteiger partial charge in [0.25, 0.3) is 0 Å². The van der Waals surface area contributed by atoms with Crippen LogP contribution in [0.3, 0.4) is 0 Å². The van der Waals surface area contributed by atoms with E-state index in [2.05, 4.69) is 0 Å². The smallest absolute Gasteiger partial charge is 0.299 e. The first-order valence-electron chi connectivity index (χ1n) is 10.2. The molecule has 3 rings (SSSR count). The second kappa shape index (κ2) is 9.68. The summed E-state index contributed by atoms with van der Waals surface area (Å²) in [7, 11) is 0. The van der Waals surface area contributed by atoms with Gasteiger partial charge in [0.2, 0.25) is 0 Å². The van der Waals surface area contributed by atoms with Gasteiger partial charge in [-0.25, -0.2) is 0 Å². The highest BCUT2D eigenvalue weighted by atomic mass is 35.5. The molecule has 0 saturated carbocycles. The van der Waals surface area contributed by atoms with Crippen LogP contribution in [0.4, 0.5) is 13.2 Å². The van der Waals surface area contributed by atoms with Crippen molar-refractivity contribution in [2.45, 2.75) is 39.3 Å². The van der Waals surface area contributed by atoms with Gasteiger partial charge in [-0.3, -0.25) is 4.79 Å². The molecule has 0 heterocycles. The van der Waals surface area contributed by atoms with Crippen LogP contribution in [-0.4, -0.2) is 5.78 Å². The van der Waals surface area contributed by atoms with E-state index in [4.69, 9.17) is 23.2 Å². The van der Waals surface area contributed by atoms with E-state index in [0.29, 0.717) is 33.2 Å². The van der Waals surface area contributed by atoms with Crippen LogP contribution in [0.5, 0.6) is 0 Å². The molecule has 6 heteroatoms. The van der Waals surface area contributed by atoms with Gasteiger partial charge in [-0.05, 0) is 77.9 Å². The Bertz CT molecular complexity index is 1120. The fourth-order valence-corrected chi connectivity index (χ4v) is 4.15. The number of hydrogen-bond donors (Lipinski definition) is 0. The van der Waals surface area contributed by atoms with Crippen molar-refractivity contribution < 1.29 is 18.0 Å². The Balaban J connectivity index is 2.20. The minimum Gasteiger partial charge on any atom is -0.299 e. The van der Waals surface area contributed by atoms with Crippen molar-refractivity contribution in [2.75, 3.05) is 0 Å². The fraction of sp³-hybridized carbons (Fsp3) is 0.269. The average molecular weight is 479 g/mol. The third-order valence-corrected chi connectivity index (χ3v) is 5.91. The summed E-state index contributed by atoms with van der Waals surface area (Å²) < 4.78 is 39.0. The lowest BCUT2D eigenvalue weighted by Gasteiger charge is -2.20. The summed E-state index contributed by atoms with van der Waals surface area (Å²) in [4.78, 5) is 12.5. The molecule has 0 aromatic heterocycles. The zero-order valence-corrected chi connectivity index (χ0v) is 19.4. The van der Waals surface area contributed by atoms with Crippen LogP contribution in [0.1, 0.15) is 44.2 Å². The molecule has 0 aliphatic heterocycles. The standard InChI is InChI=1S/C26H23Cl2F3O/c1-15(2)10-23(16(3)32)19-11-18(17-4-6-21(7-5-17)26(29,30)31)12-20(13-19)24-14-22(27)8-9-25(24)28/h4-9,11-15,23H,10H2,1-3H3. The van der Waals surface area contributed by atoms with Gasteiger partial charge in [0.15, 0.2) is 0 Å². The topological polar surface area (TPSA) is 17.1 Å². The van der Waals surface area contributed by atoms with Crippen molar-refractivity contribution in [3.8, 4) is 22.3 Å². The van der Waals surface area contributed by atoms with Crippen LogP contribution in [0, 0.1) is 5.92 Å². The number of benzene rings is 3. The molecule has 32 heavy (non-hydrogen) atoms. The molecule has 0 saturated heterocycles. The lowest BCUT2D eigenvalue weighted by molar-refractivity contribution is -0.137. The van der Waals surface area contributed by atoms with E-state index in [1.54, 1.807) is 25.1 Å². The van der Waals surface area contributed by atoms with Crippen LogP contribution >= 0.6 is 23.2 Å². The minimum absolute atomic E-state index is 0.0337. The first-order chi connectivity index (χ1) is 15.0. The van der Waals surface area contributed by atoms with Crippen molar-refractivity contribution in [3.63, 3.8) is 0 Å². The Morgan fingerprint density at radius 1 is 0.875 bits per heavy atom. The van der Waals surface area contributed by atoms with Gasteiger partial charge in [-0.1, -0.05) is 61.3 Å². The Labute approximate surface area is 196 Å². The molecule has 1 unspecified atom stereocenters. The monoisotopic (exact) mass is 478 g/mol. The number of carbonyl (C=O) groups is 1. The molecule has 168 valence electrons. The average Bonchev–Trinajstić information content (AvgIpc) is 2.72. The van der Waals surface area contributed by atoms with Crippen LogP contribution in [0.25, 0.3) is 22.3 Å². The van der Waals surface area contributed by atoms with Gasteiger partial charge in [-0.15, -0.1) is 0 Å². The quantitative estimate of drug-likeness (QED) is 0.345. The predicted molar refractivity (Wildman–Crippen MR) is 125 cm³/mol. The lowest BCUT2D eigenvalue weighted by atomic mass is 9.84. The second-order valence-corrected chi connectivity index (χ2v) is 9.18. The van der Waals surface area contributed by atoms with Crippen molar-refractivity contribution >= 4 is 29.0 Å². The zero-order chi connectivity index (χ0) is 23.6. The molecular weight excluding hydrogens is 456 g/mol. The first kappa shape index (κ1) is 24.3. The van der Waals surface area contributed by atoms with Crippen molar-refractivity contribution in [2.24, 2.45) is 5.92 Å². The molecule has 1 atom stereocenters. The number of Topliss-reactive ketones (excluding diaryl/α,β-unsaturated/α-hetero) is 1. The van der Waals surface area contributed by atoms with E-state index in [9.17, 15) is 18.0 Å². The molecule has 0 bridgehead atoms. The van der Waals surface area contributed by atoms with Gasteiger partial charge in [-0.2, -0.15) is 13.2 Å². The van der Waals surface area contributed by atoms with E-state index in [-0.39, 0.29) is 17.6 Å². The van der Waals surface area contributed by atoms with E-state index >= 15 is 0 Å². The number of ketones is 1. The molecular formula is C26H23Cl2F3O. The molecule has 0 spiro atoms. The van der Waals surface area contributed by atoms with Crippen molar-refractivity contribution in [3.05, 3.63) is 81.8 Å². The highest BCUT2D eigenvalue weighted by Gasteiger charge is 2.30. The second-order valence-electron chi connectivity index (χ2n) is 8.34. The zero-order valence-electron chi connectivity index (χ0n) is 17.9. The Morgan fingerprint density at radius 2 is 1.50 bits per heavy atom. The number of carbonyl (C=O) groups excluding carboxylic acids is 1. The number of halogens is 5. The minimum atomic E-state index is -4.41. The molecule has 0 N–H and O–H groups in total. The van der Waals surface area contributed by atoms with E-state index < -0.39 is 11.7 Å². The van der Waals surface area contributed by atoms with Gasteiger partial charge in [0.1, 0.15) is 5.78 Å². The van der Waals surface area contributed by atoms with Gasteiger partial charge in [0, 0.05) is 21.5 Å². The maximum absolute atomic E-state index is 13.0. The molecule has 3 aromatic rings. The molecule has 0 fully saturated rings. The molecule has 0 aliphatic carbocycles. The molecule has 0 radical (unpaired) electrons. The summed E-state index contributed by atoms with van der Waals surface area (Å²) in [6.07, 6.45) is -3.74. The Hall–Kier alpha value is -2.30. The molecule has 3 aromatic carbocycles. The summed E-state index contributed by atoms with van der Waals surface area (Å²) in [5.74, 6) is -0.00986. The molecule has 0 aliphatic rings. The van der Waals surface area contributed by atoms with Crippen molar-refractivity contribution in [1.82, 2.24) is 0 Å². The first-order valence-corrected chi connectivity index (χ1v) is 11.0. The highest BCUT2D eigenvalue weighted by molar-refractivity contribution is 6.35. The Kier molecular flexibility index (Phi) is 7.36. The van der Waals surface area contributed by atoms with E-state index in [1.165, 1.54) is 12.1 Å². The van der Waals surface area contributed by atoms with Crippen LogP contribution in [-0.2, 0) is 11.0 Å². The number of hydrogen-bond acceptors (Lipinski definition) is 1. The van der Waals surface area contributed by atoms with Gasteiger partial charge >= 0.3 is 6.18 Å². The van der Waals surface area contributed by atoms with E-state index in [0.717, 1.165) is 23.3 Å².